The molecule has 0 aliphatic rings. The zero-order chi connectivity index (χ0) is 15.0. The first-order valence-corrected chi connectivity index (χ1v) is 6.92. The van der Waals surface area contributed by atoms with E-state index in [1.807, 2.05) is 13.8 Å². The van der Waals surface area contributed by atoms with Gasteiger partial charge in [-0.25, -0.2) is 9.37 Å². The van der Waals surface area contributed by atoms with E-state index in [0.29, 0.717) is 22.4 Å². The van der Waals surface area contributed by atoms with E-state index in [9.17, 15) is 9.18 Å². The number of aryl methyl sites for hydroxylation is 1. The van der Waals surface area contributed by atoms with Gasteiger partial charge in [0.1, 0.15) is 17.7 Å². The molecule has 2 N–H and O–H groups in total. The highest BCUT2D eigenvalue weighted by Gasteiger charge is 2.26. The molecule has 0 fully saturated rings. The van der Waals surface area contributed by atoms with Gasteiger partial charge in [0.2, 0.25) is 5.91 Å². The van der Waals surface area contributed by atoms with Crippen LogP contribution in [-0.4, -0.2) is 15.5 Å². The maximum absolute atomic E-state index is 13.6. The van der Waals surface area contributed by atoms with Gasteiger partial charge in [-0.15, -0.1) is 11.6 Å². The Balaban J connectivity index is 2.78. The van der Waals surface area contributed by atoms with Crippen molar-refractivity contribution in [3.8, 4) is 0 Å². The van der Waals surface area contributed by atoms with Crippen LogP contribution in [0.3, 0.4) is 0 Å². The van der Waals surface area contributed by atoms with E-state index in [1.165, 1.54) is 6.07 Å². The maximum atomic E-state index is 13.6. The lowest BCUT2D eigenvalue weighted by atomic mass is 10.0. The standard InChI is InChI=1S/C14H17ClFN3O/c1-7(2)13(14(17)20)19-11-4-8(3)9(16)5-10(11)18-12(19)6-15/h4-5,7,13H,6H2,1-3H3,(H2,17,20). The molecule has 0 bridgehead atoms. The highest BCUT2D eigenvalue weighted by Crippen LogP contribution is 2.28. The number of rotatable bonds is 4. The van der Waals surface area contributed by atoms with E-state index in [4.69, 9.17) is 17.3 Å². The molecule has 1 aromatic heterocycles. The normalized spacial score (nSPS) is 13.1. The predicted octanol–water partition coefficient (Wildman–Crippen LogP) is 2.91. The Bertz CT molecular complexity index is 666. The van der Waals surface area contributed by atoms with Crippen molar-refractivity contribution >= 4 is 28.5 Å². The summed E-state index contributed by atoms with van der Waals surface area (Å²) in [6, 6.07) is 2.47. The number of amides is 1. The molecule has 4 nitrogen and oxygen atoms in total. The van der Waals surface area contributed by atoms with Crippen molar-refractivity contribution in [1.29, 1.82) is 0 Å². The first-order chi connectivity index (χ1) is 9.36. The summed E-state index contributed by atoms with van der Waals surface area (Å²) in [7, 11) is 0. The number of primary amides is 1. The second-order valence-electron chi connectivity index (χ2n) is 5.21. The predicted molar refractivity (Wildman–Crippen MR) is 77.1 cm³/mol. The molecule has 2 aromatic rings. The minimum atomic E-state index is -0.557. The van der Waals surface area contributed by atoms with Crippen molar-refractivity contribution in [1.82, 2.24) is 9.55 Å². The van der Waals surface area contributed by atoms with Crippen LogP contribution >= 0.6 is 11.6 Å². The summed E-state index contributed by atoms with van der Waals surface area (Å²) in [5.74, 6) is -0.149. The molecule has 0 saturated carbocycles. The molecule has 1 heterocycles. The van der Waals surface area contributed by atoms with E-state index < -0.39 is 11.9 Å². The summed E-state index contributed by atoms with van der Waals surface area (Å²) in [4.78, 5) is 16.1. The molecule has 0 radical (unpaired) electrons. The third-order valence-corrected chi connectivity index (χ3v) is 3.60. The summed E-state index contributed by atoms with van der Waals surface area (Å²) in [5.41, 5.74) is 7.16. The van der Waals surface area contributed by atoms with Gasteiger partial charge >= 0.3 is 0 Å². The Morgan fingerprint density at radius 1 is 1.50 bits per heavy atom. The van der Waals surface area contributed by atoms with Crippen LogP contribution in [0.25, 0.3) is 11.0 Å². The Hall–Kier alpha value is -1.62. The fraction of sp³-hybridized carbons (Fsp3) is 0.429. The first-order valence-electron chi connectivity index (χ1n) is 6.39. The van der Waals surface area contributed by atoms with Crippen molar-refractivity contribution < 1.29 is 9.18 Å². The Labute approximate surface area is 121 Å². The monoisotopic (exact) mass is 297 g/mol. The van der Waals surface area contributed by atoms with E-state index in [-0.39, 0.29) is 17.6 Å². The Morgan fingerprint density at radius 2 is 2.15 bits per heavy atom. The topological polar surface area (TPSA) is 60.9 Å². The molecule has 20 heavy (non-hydrogen) atoms. The lowest BCUT2D eigenvalue weighted by Gasteiger charge is -2.21. The first kappa shape index (κ1) is 14.8. The highest BCUT2D eigenvalue weighted by atomic mass is 35.5. The molecule has 1 amide bonds. The van der Waals surface area contributed by atoms with Gasteiger partial charge in [-0.2, -0.15) is 0 Å². The van der Waals surface area contributed by atoms with Crippen LogP contribution in [0, 0.1) is 18.7 Å². The van der Waals surface area contributed by atoms with Crippen LogP contribution in [0.15, 0.2) is 12.1 Å². The number of benzene rings is 1. The molecule has 1 aromatic carbocycles. The van der Waals surface area contributed by atoms with E-state index in [1.54, 1.807) is 17.6 Å². The molecule has 2 rings (SSSR count). The summed E-state index contributed by atoms with van der Waals surface area (Å²) in [6.45, 7) is 5.46. The number of nitrogens with zero attached hydrogens (tertiary/aromatic N) is 2. The van der Waals surface area contributed by atoms with E-state index >= 15 is 0 Å². The summed E-state index contributed by atoms with van der Waals surface area (Å²) < 4.78 is 15.4. The number of aromatic nitrogens is 2. The van der Waals surface area contributed by atoms with Crippen LogP contribution in [0.5, 0.6) is 0 Å². The fourth-order valence-electron chi connectivity index (χ4n) is 2.43. The molecule has 0 aliphatic heterocycles. The van der Waals surface area contributed by atoms with Crippen molar-refractivity contribution in [3.63, 3.8) is 0 Å². The summed E-state index contributed by atoms with van der Waals surface area (Å²) >= 11 is 5.91. The number of halogens is 2. The molecule has 108 valence electrons. The minimum Gasteiger partial charge on any atom is -0.368 e. The molecule has 0 saturated heterocycles. The van der Waals surface area contributed by atoms with E-state index in [2.05, 4.69) is 4.98 Å². The summed E-state index contributed by atoms with van der Waals surface area (Å²) in [6.07, 6.45) is 0. The Morgan fingerprint density at radius 3 is 2.65 bits per heavy atom. The number of fused-ring (bicyclic) bond motifs is 1. The number of carbonyl (C=O) groups excluding carboxylic acids is 1. The van der Waals surface area contributed by atoms with Crippen molar-refractivity contribution in [2.75, 3.05) is 0 Å². The molecular weight excluding hydrogens is 281 g/mol. The highest BCUT2D eigenvalue weighted by molar-refractivity contribution is 6.17. The van der Waals surface area contributed by atoms with Crippen LogP contribution in [0.2, 0.25) is 0 Å². The van der Waals surface area contributed by atoms with Gasteiger partial charge in [-0.3, -0.25) is 4.79 Å². The second-order valence-corrected chi connectivity index (χ2v) is 5.48. The van der Waals surface area contributed by atoms with Gasteiger partial charge < -0.3 is 10.3 Å². The Kier molecular flexibility index (Phi) is 3.99. The minimum absolute atomic E-state index is 0.0165. The average Bonchev–Trinajstić information content (AvgIpc) is 2.67. The van der Waals surface area contributed by atoms with Gasteiger partial charge in [-0.1, -0.05) is 13.8 Å². The molecule has 1 unspecified atom stereocenters. The second kappa shape index (κ2) is 5.40. The van der Waals surface area contributed by atoms with Gasteiger partial charge in [0.15, 0.2) is 0 Å². The number of hydrogen-bond donors (Lipinski definition) is 1. The smallest absolute Gasteiger partial charge is 0.240 e. The lowest BCUT2D eigenvalue weighted by Crippen LogP contribution is -2.31. The van der Waals surface area contributed by atoms with Crippen molar-refractivity contribution in [2.45, 2.75) is 32.7 Å². The number of nitrogens with two attached hydrogens (primary N) is 1. The van der Waals surface area contributed by atoms with Crippen LogP contribution in [0.1, 0.15) is 31.3 Å². The number of carbonyl (C=O) groups is 1. The number of imidazole rings is 1. The molecule has 6 heteroatoms. The van der Waals surface area contributed by atoms with Crippen molar-refractivity contribution in [3.05, 3.63) is 29.3 Å². The van der Waals surface area contributed by atoms with Gasteiger partial charge in [-0.05, 0) is 24.5 Å². The van der Waals surface area contributed by atoms with Gasteiger partial charge in [0.25, 0.3) is 0 Å². The van der Waals surface area contributed by atoms with Crippen LogP contribution < -0.4 is 5.73 Å². The van der Waals surface area contributed by atoms with Gasteiger partial charge in [0, 0.05) is 6.07 Å². The maximum Gasteiger partial charge on any atom is 0.240 e. The average molecular weight is 298 g/mol. The molecular formula is C14H17ClFN3O. The largest absolute Gasteiger partial charge is 0.368 e. The summed E-state index contributed by atoms with van der Waals surface area (Å²) in [5, 5.41) is 0. The zero-order valence-corrected chi connectivity index (χ0v) is 12.4. The zero-order valence-electron chi connectivity index (χ0n) is 11.7. The third kappa shape index (κ3) is 2.38. The fourth-order valence-corrected chi connectivity index (χ4v) is 2.62. The third-order valence-electron chi connectivity index (χ3n) is 3.36. The van der Waals surface area contributed by atoms with Crippen LogP contribution in [-0.2, 0) is 10.7 Å². The molecule has 0 aliphatic carbocycles. The molecule has 0 spiro atoms. The van der Waals surface area contributed by atoms with Crippen LogP contribution in [0.4, 0.5) is 4.39 Å². The lowest BCUT2D eigenvalue weighted by molar-refractivity contribution is -0.122. The molecule has 1 atom stereocenters. The van der Waals surface area contributed by atoms with E-state index in [0.717, 1.165) is 0 Å². The quantitative estimate of drug-likeness (QED) is 0.882. The van der Waals surface area contributed by atoms with Gasteiger partial charge in [0.05, 0.1) is 16.9 Å². The SMILES string of the molecule is Cc1cc2c(cc1F)nc(CCl)n2C(C(N)=O)C(C)C. The van der Waals surface area contributed by atoms with Crippen molar-refractivity contribution in [2.24, 2.45) is 11.7 Å². The number of alkyl halides is 1. The number of hydrogen-bond acceptors (Lipinski definition) is 2.